The zero-order chi connectivity index (χ0) is 14.7. The predicted molar refractivity (Wildman–Crippen MR) is 64.2 cm³/mol. The van der Waals surface area contributed by atoms with Gasteiger partial charge in [-0.15, -0.1) is 4.28 Å². The Labute approximate surface area is 114 Å². The molecule has 0 spiro atoms. The normalized spacial score (nSPS) is 29.6. The van der Waals surface area contributed by atoms with Crippen molar-refractivity contribution >= 4 is 22.3 Å². The molecule has 0 aromatic rings. The highest BCUT2D eigenvalue weighted by atomic mass is 32.3. The fraction of sp³-hybridized carbons (Fsp3) is 0.600. The number of urea groups is 1. The molecule has 0 aromatic heterocycles. The number of amides is 3. The van der Waals surface area contributed by atoms with E-state index in [1.807, 2.05) is 0 Å². The van der Waals surface area contributed by atoms with Crippen LogP contribution in [0.1, 0.15) is 12.8 Å². The van der Waals surface area contributed by atoms with Gasteiger partial charge in [0.1, 0.15) is 6.04 Å². The van der Waals surface area contributed by atoms with Gasteiger partial charge in [0.05, 0.1) is 12.6 Å². The highest BCUT2D eigenvalue weighted by molar-refractivity contribution is 7.80. The number of primary amides is 1. The third-order valence-corrected chi connectivity index (χ3v) is 3.97. The van der Waals surface area contributed by atoms with Gasteiger partial charge in [0.2, 0.25) is 5.91 Å². The average Bonchev–Trinajstić information content (AvgIpc) is 3.13. The Morgan fingerprint density at radius 1 is 1.45 bits per heavy atom. The molecule has 2 bridgehead atoms. The molecule has 1 saturated heterocycles. The topological polar surface area (TPSA) is 130 Å². The van der Waals surface area contributed by atoms with Crippen molar-refractivity contribution in [2.75, 3.05) is 6.54 Å². The van der Waals surface area contributed by atoms with Crippen molar-refractivity contribution in [1.82, 2.24) is 9.96 Å². The minimum Gasteiger partial charge on any atom is -0.368 e. The molecule has 3 rings (SSSR count). The minimum absolute atomic E-state index is 0.0954. The molecular weight excluding hydrogens is 290 g/mol. The van der Waals surface area contributed by atoms with Crippen LogP contribution in [-0.2, 0) is 19.5 Å². The van der Waals surface area contributed by atoms with E-state index in [9.17, 15) is 18.0 Å². The summed E-state index contributed by atoms with van der Waals surface area (Å²) in [4.78, 5) is 24.8. The van der Waals surface area contributed by atoms with Crippen molar-refractivity contribution in [3.63, 3.8) is 0 Å². The second kappa shape index (κ2) is 4.17. The van der Waals surface area contributed by atoms with Crippen LogP contribution < -0.4 is 5.73 Å². The van der Waals surface area contributed by atoms with E-state index in [-0.39, 0.29) is 12.5 Å². The molecule has 20 heavy (non-hydrogen) atoms. The van der Waals surface area contributed by atoms with Crippen molar-refractivity contribution < 1.29 is 26.8 Å². The lowest BCUT2D eigenvalue weighted by molar-refractivity contribution is -0.121. The Kier molecular flexibility index (Phi) is 2.78. The predicted octanol–water partition coefficient (Wildman–Crippen LogP) is -0.969. The summed E-state index contributed by atoms with van der Waals surface area (Å²) >= 11 is 0. The third-order valence-electron chi connectivity index (χ3n) is 3.62. The average molecular weight is 303 g/mol. The van der Waals surface area contributed by atoms with Gasteiger partial charge in [-0.25, -0.2) is 4.79 Å². The van der Waals surface area contributed by atoms with Crippen molar-refractivity contribution in [1.29, 1.82) is 0 Å². The first-order chi connectivity index (χ1) is 9.28. The molecule has 3 amide bonds. The van der Waals surface area contributed by atoms with E-state index in [2.05, 4.69) is 4.28 Å². The number of nitrogens with two attached hydrogens (primary N) is 1. The Morgan fingerprint density at radius 3 is 2.60 bits per heavy atom. The Morgan fingerprint density at radius 2 is 2.10 bits per heavy atom. The summed E-state index contributed by atoms with van der Waals surface area (Å²) in [6.45, 7) is 0.0954. The summed E-state index contributed by atoms with van der Waals surface area (Å²) in [6, 6.07) is -2.33. The lowest BCUT2D eigenvalue weighted by Gasteiger charge is -2.29. The van der Waals surface area contributed by atoms with Gasteiger partial charge < -0.3 is 10.6 Å². The Bertz CT molecular complexity index is 610. The van der Waals surface area contributed by atoms with Gasteiger partial charge in [0, 0.05) is 0 Å². The molecule has 2 heterocycles. The number of carbonyl (C=O) groups is 2. The quantitative estimate of drug-likeness (QED) is 0.507. The number of hydroxylamine groups is 2. The zero-order valence-corrected chi connectivity index (χ0v) is 11.1. The van der Waals surface area contributed by atoms with Gasteiger partial charge in [-0.1, -0.05) is 6.08 Å². The van der Waals surface area contributed by atoms with Crippen LogP contribution in [0.15, 0.2) is 11.6 Å². The second-order valence-electron chi connectivity index (χ2n) is 5.08. The van der Waals surface area contributed by atoms with Gasteiger partial charge in [-0.3, -0.25) is 9.35 Å². The molecule has 9 nitrogen and oxygen atoms in total. The van der Waals surface area contributed by atoms with E-state index in [0.29, 0.717) is 5.06 Å². The van der Waals surface area contributed by atoms with Crippen LogP contribution in [0.4, 0.5) is 4.79 Å². The van der Waals surface area contributed by atoms with Crippen molar-refractivity contribution in [3.8, 4) is 0 Å². The molecular formula is C10H13N3O6S. The fourth-order valence-corrected chi connectivity index (χ4v) is 3.11. The van der Waals surface area contributed by atoms with Crippen LogP contribution in [0.2, 0.25) is 0 Å². The maximum Gasteiger partial charge on any atom is 0.418 e. The lowest BCUT2D eigenvalue weighted by atomic mass is 9.95. The summed E-state index contributed by atoms with van der Waals surface area (Å²) in [6.07, 6.45) is 3.45. The van der Waals surface area contributed by atoms with Gasteiger partial charge >= 0.3 is 16.4 Å². The van der Waals surface area contributed by atoms with Crippen LogP contribution in [0.25, 0.3) is 0 Å². The number of rotatable bonds is 4. The van der Waals surface area contributed by atoms with Crippen molar-refractivity contribution in [2.24, 2.45) is 11.7 Å². The second-order valence-corrected chi connectivity index (χ2v) is 6.08. The number of nitrogens with zero attached hydrogens (tertiary/aromatic N) is 2. The summed E-state index contributed by atoms with van der Waals surface area (Å²) in [5.74, 6) is -0.472. The molecule has 2 unspecified atom stereocenters. The van der Waals surface area contributed by atoms with Crippen LogP contribution in [-0.4, -0.2) is 53.5 Å². The Balaban J connectivity index is 1.95. The highest BCUT2D eigenvalue weighted by Gasteiger charge is 2.51. The van der Waals surface area contributed by atoms with Crippen LogP contribution >= 0.6 is 0 Å². The van der Waals surface area contributed by atoms with E-state index in [1.54, 1.807) is 6.08 Å². The van der Waals surface area contributed by atoms with Crippen molar-refractivity contribution in [3.05, 3.63) is 11.6 Å². The third kappa shape index (κ3) is 2.15. The van der Waals surface area contributed by atoms with Gasteiger partial charge in [0.15, 0.2) is 0 Å². The van der Waals surface area contributed by atoms with Gasteiger partial charge in [-0.2, -0.15) is 13.5 Å². The maximum atomic E-state index is 12.1. The molecule has 1 aliphatic carbocycles. The van der Waals surface area contributed by atoms with E-state index in [0.717, 1.165) is 18.4 Å². The van der Waals surface area contributed by atoms with Gasteiger partial charge in [-0.05, 0) is 24.3 Å². The summed E-state index contributed by atoms with van der Waals surface area (Å²) in [7, 11) is -4.81. The van der Waals surface area contributed by atoms with E-state index in [1.165, 1.54) is 4.90 Å². The Hall–Kier alpha value is -1.65. The summed E-state index contributed by atoms with van der Waals surface area (Å²) < 4.78 is 34.5. The molecule has 10 heteroatoms. The lowest BCUT2D eigenvalue weighted by Crippen LogP contribution is -2.49. The summed E-state index contributed by atoms with van der Waals surface area (Å²) in [5.41, 5.74) is 6.07. The standard InChI is InChI=1S/C10H13N3O6S/c11-9(14)8-7(5-1-2-5)3-6-4-12(8)10(15)13(6)19-20(16,17)18/h3,5-6,8H,1-2,4H2,(H2,11,14)(H,16,17,18). The largest absolute Gasteiger partial charge is 0.418 e. The van der Waals surface area contributed by atoms with E-state index >= 15 is 0 Å². The molecule has 2 atom stereocenters. The van der Waals surface area contributed by atoms with Crippen LogP contribution in [0, 0.1) is 5.92 Å². The molecule has 3 aliphatic rings. The fourth-order valence-electron chi connectivity index (χ4n) is 2.73. The summed E-state index contributed by atoms with van der Waals surface area (Å²) in [5, 5.41) is 0.556. The molecule has 2 aliphatic heterocycles. The SMILES string of the molecule is NC(=O)C1C(C2CC2)=CC2CN1C(=O)N2OS(=O)(=O)O. The molecule has 3 N–H and O–H groups in total. The molecule has 1 saturated carbocycles. The number of hydrogen-bond donors (Lipinski definition) is 2. The zero-order valence-electron chi connectivity index (χ0n) is 10.3. The first-order valence-electron chi connectivity index (χ1n) is 6.05. The smallest absolute Gasteiger partial charge is 0.368 e. The number of carbonyl (C=O) groups excluding carboxylic acids is 2. The monoisotopic (exact) mass is 303 g/mol. The first-order valence-corrected chi connectivity index (χ1v) is 7.42. The first kappa shape index (κ1) is 13.3. The van der Waals surface area contributed by atoms with Gasteiger partial charge in [0.25, 0.3) is 0 Å². The van der Waals surface area contributed by atoms with Crippen LogP contribution in [0.5, 0.6) is 0 Å². The number of hydrogen-bond acceptors (Lipinski definition) is 5. The molecule has 110 valence electrons. The van der Waals surface area contributed by atoms with Crippen molar-refractivity contribution in [2.45, 2.75) is 24.9 Å². The molecule has 2 fully saturated rings. The maximum absolute atomic E-state index is 12.1. The molecule has 0 radical (unpaired) electrons. The molecule has 0 aromatic carbocycles. The number of fused-ring (bicyclic) bond motifs is 2. The van der Waals surface area contributed by atoms with Crippen LogP contribution in [0.3, 0.4) is 0 Å². The highest BCUT2D eigenvalue weighted by Crippen LogP contribution is 2.43. The minimum atomic E-state index is -4.81. The van der Waals surface area contributed by atoms with E-state index in [4.69, 9.17) is 10.3 Å². The van der Waals surface area contributed by atoms with E-state index < -0.39 is 34.4 Å².